The first-order chi connectivity index (χ1) is 11.8. The minimum atomic E-state index is -0.554. The molecular weight excluding hydrogens is 311 g/mol. The van der Waals surface area contributed by atoms with E-state index in [-0.39, 0.29) is 6.61 Å². The molecule has 3 rings (SSSR count). The minimum absolute atomic E-state index is 0.233. The first-order valence-electron chi connectivity index (χ1n) is 8.38. The van der Waals surface area contributed by atoms with Crippen LogP contribution in [0.25, 0.3) is 0 Å². The number of hydrogen-bond acceptors (Lipinski definition) is 1. The Hall–Kier alpha value is -1.95. The fourth-order valence-corrected chi connectivity index (χ4v) is 5.26. The third-order valence-electron chi connectivity index (χ3n) is 4.09. The van der Waals surface area contributed by atoms with E-state index in [1.165, 1.54) is 21.5 Å². The Morgan fingerprint density at radius 1 is 0.750 bits per heavy atom. The predicted molar refractivity (Wildman–Crippen MR) is 105 cm³/mol. The topological polar surface area (TPSA) is 20.2 Å². The summed E-state index contributed by atoms with van der Waals surface area (Å²) in [6.45, 7) is 2.32. The summed E-state index contributed by atoms with van der Waals surface area (Å²) >= 11 is 0. The zero-order chi connectivity index (χ0) is 16.8. The van der Waals surface area contributed by atoms with Crippen molar-refractivity contribution >= 4 is 23.8 Å². The van der Waals surface area contributed by atoms with Gasteiger partial charge in [-0.15, -0.1) is 0 Å². The third kappa shape index (κ3) is 4.12. The van der Waals surface area contributed by atoms with E-state index in [0.717, 1.165) is 6.42 Å². The van der Waals surface area contributed by atoms with Gasteiger partial charge in [0.05, 0.1) is 0 Å². The van der Waals surface area contributed by atoms with Gasteiger partial charge in [0.2, 0.25) is 0 Å². The van der Waals surface area contributed by atoms with Crippen LogP contribution in [0.3, 0.4) is 0 Å². The molecule has 0 radical (unpaired) electrons. The average Bonchev–Trinajstić information content (AvgIpc) is 2.64. The predicted octanol–water partition coefficient (Wildman–Crippen LogP) is 3.62. The molecule has 1 N–H and O–H groups in total. The van der Waals surface area contributed by atoms with Crippen molar-refractivity contribution in [3.8, 4) is 0 Å². The molecule has 2 heteroatoms. The van der Waals surface area contributed by atoms with Gasteiger partial charge in [-0.05, 0) is 41.7 Å². The number of benzene rings is 3. The van der Waals surface area contributed by atoms with Crippen LogP contribution in [0.15, 0.2) is 84.9 Å². The molecular formula is C22H23OP. The van der Waals surface area contributed by atoms with Crippen LogP contribution in [0.5, 0.6) is 0 Å². The highest BCUT2D eigenvalue weighted by Gasteiger charge is 2.16. The van der Waals surface area contributed by atoms with Crippen LogP contribution in [0, 0.1) is 5.92 Å². The average molecular weight is 334 g/mol. The summed E-state index contributed by atoms with van der Waals surface area (Å²) in [5.74, 6) is 0.292. The minimum Gasteiger partial charge on any atom is -0.396 e. The molecule has 1 atom stereocenters. The Balaban J connectivity index is 2.02. The van der Waals surface area contributed by atoms with Gasteiger partial charge in [-0.25, -0.2) is 0 Å². The molecule has 0 aliphatic heterocycles. The zero-order valence-electron chi connectivity index (χ0n) is 14.0. The standard InChI is InChI=1S/C22H23OP/c1-18(17-23)15-19-9-8-14-22(16-19)24(20-10-4-2-5-11-20)21-12-6-3-7-13-21/h2-14,16,18,23H,15,17H2,1H3. The molecule has 1 unspecified atom stereocenters. The lowest BCUT2D eigenvalue weighted by molar-refractivity contribution is 0.237. The Morgan fingerprint density at radius 3 is 1.83 bits per heavy atom. The second-order valence-electron chi connectivity index (χ2n) is 6.17. The quantitative estimate of drug-likeness (QED) is 0.683. The van der Waals surface area contributed by atoms with Crippen LogP contribution in [0.1, 0.15) is 12.5 Å². The van der Waals surface area contributed by atoms with E-state index < -0.39 is 7.92 Å². The van der Waals surface area contributed by atoms with Gasteiger partial charge < -0.3 is 5.11 Å². The second kappa shape index (κ2) is 8.24. The van der Waals surface area contributed by atoms with Crippen LogP contribution < -0.4 is 15.9 Å². The van der Waals surface area contributed by atoms with Gasteiger partial charge in [0.1, 0.15) is 0 Å². The second-order valence-corrected chi connectivity index (χ2v) is 8.39. The molecule has 3 aromatic carbocycles. The number of rotatable bonds is 6. The van der Waals surface area contributed by atoms with Gasteiger partial charge in [-0.1, -0.05) is 91.9 Å². The maximum atomic E-state index is 9.33. The number of aliphatic hydroxyl groups is 1. The summed E-state index contributed by atoms with van der Waals surface area (Å²) in [5.41, 5.74) is 1.30. The van der Waals surface area contributed by atoms with Crippen molar-refractivity contribution in [3.63, 3.8) is 0 Å². The SMILES string of the molecule is CC(CO)Cc1cccc(P(c2ccccc2)c2ccccc2)c1. The molecule has 0 fully saturated rings. The van der Waals surface area contributed by atoms with Gasteiger partial charge >= 0.3 is 0 Å². The monoisotopic (exact) mass is 334 g/mol. The fourth-order valence-electron chi connectivity index (χ4n) is 2.89. The smallest absolute Gasteiger partial charge is 0.0459 e. The lowest BCUT2D eigenvalue weighted by Gasteiger charge is -2.20. The van der Waals surface area contributed by atoms with Crippen molar-refractivity contribution in [1.82, 2.24) is 0 Å². The molecule has 0 spiro atoms. The van der Waals surface area contributed by atoms with E-state index in [1.54, 1.807) is 0 Å². The molecule has 0 aromatic heterocycles. The van der Waals surface area contributed by atoms with Crippen molar-refractivity contribution < 1.29 is 5.11 Å². The van der Waals surface area contributed by atoms with Gasteiger partial charge in [-0.3, -0.25) is 0 Å². The van der Waals surface area contributed by atoms with E-state index in [4.69, 9.17) is 0 Å². The lowest BCUT2D eigenvalue weighted by Crippen LogP contribution is -2.21. The Morgan fingerprint density at radius 2 is 1.29 bits per heavy atom. The third-order valence-corrected chi connectivity index (χ3v) is 6.52. The van der Waals surface area contributed by atoms with E-state index >= 15 is 0 Å². The summed E-state index contributed by atoms with van der Waals surface area (Å²) in [6.07, 6.45) is 0.914. The van der Waals surface area contributed by atoms with Crippen molar-refractivity contribution in [2.45, 2.75) is 13.3 Å². The summed E-state index contributed by atoms with van der Waals surface area (Å²) in [5, 5.41) is 13.4. The van der Waals surface area contributed by atoms with Crippen LogP contribution in [-0.4, -0.2) is 11.7 Å². The van der Waals surface area contributed by atoms with E-state index in [0.29, 0.717) is 5.92 Å². The lowest BCUT2D eigenvalue weighted by atomic mass is 10.0. The van der Waals surface area contributed by atoms with Crippen molar-refractivity contribution in [2.24, 2.45) is 5.92 Å². The van der Waals surface area contributed by atoms with Crippen LogP contribution in [-0.2, 0) is 6.42 Å². The van der Waals surface area contributed by atoms with E-state index in [9.17, 15) is 5.11 Å². The molecule has 122 valence electrons. The first-order valence-corrected chi connectivity index (χ1v) is 9.72. The normalized spacial score (nSPS) is 12.3. The summed E-state index contributed by atoms with van der Waals surface area (Å²) in [4.78, 5) is 0. The molecule has 0 amide bonds. The number of hydrogen-bond donors (Lipinski definition) is 1. The molecule has 24 heavy (non-hydrogen) atoms. The van der Waals surface area contributed by atoms with Gasteiger partial charge in [0.15, 0.2) is 0 Å². The van der Waals surface area contributed by atoms with Crippen LogP contribution in [0.2, 0.25) is 0 Å². The molecule has 0 saturated carbocycles. The van der Waals surface area contributed by atoms with E-state index in [2.05, 4.69) is 91.9 Å². The Labute approximate surface area is 145 Å². The summed E-state index contributed by atoms with van der Waals surface area (Å²) < 4.78 is 0. The van der Waals surface area contributed by atoms with Gasteiger partial charge in [-0.2, -0.15) is 0 Å². The van der Waals surface area contributed by atoms with Gasteiger partial charge in [0.25, 0.3) is 0 Å². The summed E-state index contributed by atoms with van der Waals surface area (Å²) in [7, 11) is -0.554. The Bertz CT molecular complexity index is 716. The highest BCUT2D eigenvalue weighted by molar-refractivity contribution is 7.79. The van der Waals surface area contributed by atoms with Crippen molar-refractivity contribution in [2.75, 3.05) is 6.61 Å². The van der Waals surface area contributed by atoms with Gasteiger partial charge in [0, 0.05) is 6.61 Å². The molecule has 0 bridgehead atoms. The fraction of sp³-hybridized carbons (Fsp3) is 0.182. The van der Waals surface area contributed by atoms with E-state index in [1.807, 2.05) is 0 Å². The highest BCUT2D eigenvalue weighted by Crippen LogP contribution is 2.32. The molecule has 0 saturated heterocycles. The summed E-state index contributed by atoms with van der Waals surface area (Å²) in [6, 6.07) is 30.4. The highest BCUT2D eigenvalue weighted by atomic mass is 31.1. The first kappa shape index (κ1) is 16.9. The van der Waals surface area contributed by atoms with Crippen LogP contribution >= 0.6 is 7.92 Å². The molecule has 0 heterocycles. The zero-order valence-corrected chi connectivity index (χ0v) is 14.9. The largest absolute Gasteiger partial charge is 0.396 e. The molecule has 0 aliphatic carbocycles. The maximum absolute atomic E-state index is 9.33. The van der Waals surface area contributed by atoms with Crippen molar-refractivity contribution in [3.05, 3.63) is 90.5 Å². The Kier molecular flexibility index (Phi) is 5.80. The maximum Gasteiger partial charge on any atom is 0.0459 e. The van der Waals surface area contributed by atoms with Crippen molar-refractivity contribution in [1.29, 1.82) is 0 Å². The number of aliphatic hydroxyl groups excluding tert-OH is 1. The molecule has 1 nitrogen and oxygen atoms in total. The molecule has 0 aliphatic rings. The molecule has 3 aromatic rings. The van der Waals surface area contributed by atoms with Crippen LogP contribution in [0.4, 0.5) is 0 Å².